The monoisotopic (exact) mass is 2650 g/mol. The van der Waals surface area contributed by atoms with Crippen molar-refractivity contribution in [3.63, 3.8) is 0 Å². The number of benzene rings is 6. The minimum absolute atomic E-state index is 0. The van der Waals surface area contributed by atoms with E-state index in [2.05, 4.69) is 129 Å². The van der Waals surface area contributed by atoms with Gasteiger partial charge in [0.1, 0.15) is 34.5 Å². The zero-order valence-corrected chi connectivity index (χ0v) is 104. The van der Waals surface area contributed by atoms with Crippen LogP contribution in [-0.2, 0) is 445 Å². The number of methoxy groups -OCH3 is 4. The number of hydrogen-bond acceptors (Lipinski definition) is 21. The van der Waals surface area contributed by atoms with Crippen LogP contribution in [0.2, 0.25) is 0 Å². The Balaban J connectivity index is 0.000000338. The fourth-order valence-corrected chi connectivity index (χ4v) is 96.6. The summed E-state index contributed by atoms with van der Waals surface area (Å²) in [6.07, 6.45) is 19.0. The van der Waals surface area contributed by atoms with Crippen LogP contribution >= 0.6 is 31.9 Å². The van der Waals surface area contributed by atoms with Gasteiger partial charge in [0.05, 0.1) is 45.1 Å². The van der Waals surface area contributed by atoms with Crippen molar-refractivity contribution in [2.75, 3.05) is 68.5 Å². The Bertz CT molecular complexity index is 6420. The van der Waals surface area contributed by atoms with Gasteiger partial charge < -0.3 is 47.7 Å². The zero-order valence-electron chi connectivity index (χ0n) is 67.8. The number of carbonyl (C=O) groups excluding carboxylic acids is 5. The van der Waals surface area contributed by atoms with E-state index in [-0.39, 0.29) is 50.4 Å². The Morgan fingerprint density at radius 3 is 1.05 bits per heavy atom. The lowest BCUT2D eigenvalue weighted by molar-refractivity contribution is -0.193. The van der Waals surface area contributed by atoms with Gasteiger partial charge in [-0.25, -0.2) is 0 Å². The highest BCUT2D eigenvalue weighted by atomic mass is 79.9. The largest absolute Gasteiger partial charge is 0.507 e. The second-order valence-electron chi connectivity index (χ2n) is 26.6. The Morgan fingerprint density at radius 2 is 0.713 bits per heavy atom. The molecular formula is C71H86Br2O15S41. The van der Waals surface area contributed by atoms with Crippen LogP contribution in [0.15, 0.2) is 93.9 Å². The second-order valence-corrected chi connectivity index (χ2v) is 90.3. The van der Waals surface area contributed by atoms with Crippen LogP contribution in [0.4, 0.5) is 0 Å². The van der Waals surface area contributed by atoms with Gasteiger partial charge in [0.2, 0.25) is 0 Å². The molecule has 0 amide bonds. The third kappa shape index (κ3) is 48.0. The summed E-state index contributed by atoms with van der Waals surface area (Å²) < 4.78 is 51.5. The van der Waals surface area contributed by atoms with E-state index < -0.39 is 0 Å². The van der Waals surface area contributed by atoms with Crippen molar-refractivity contribution in [3.8, 4) is 45.6 Å². The number of hydrogen-bond donors (Lipinski definition) is 1. The molecule has 0 atom stereocenters. The summed E-state index contributed by atoms with van der Waals surface area (Å²) in [5.41, 5.74) is 7.84. The molecule has 1 N–H and O–H groups in total. The number of aryl methyl sites for hydroxylation is 2. The number of aromatic hydroxyl groups is 1. The van der Waals surface area contributed by atoms with Crippen molar-refractivity contribution in [2.24, 2.45) is 35.5 Å². The van der Waals surface area contributed by atoms with Gasteiger partial charge in [-0.15, -0.1) is 0 Å². The maximum absolute atomic E-state index is 11.2. The SMILES string of the molecule is C.CCc1cc(O)c2cc(-c3cc(C45CC6CC(CC(C6)C4)C5)ccc3OCOCCOC)cc(OC)c2c1.CCc1cc(OC(C)=O)c2cc(Br)cc(OC)c2c1.COCCOCOc1ccc(C23CC4CC(CC(C4)C2)C3)cc1Br.O=C=O.O=C=O.S=S=S=S=S=S.S=S=S=S=S=S=S=S=S=S=S=S=S=S=S=S.S=S=S=S=S=S=S=S=S=S=S=S=S=S=S=S=S=S=S. The molecule has 8 bridgehead atoms. The summed E-state index contributed by atoms with van der Waals surface area (Å²) in [5, 5.41) is 14.5. The van der Waals surface area contributed by atoms with Gasteiger partial charge in [0, 0.05) is 431 Å². The molecule has 0 radical (unpaired) electrons. The number of halogens is 2. The number of esters is 1. The summed E-state index contributed by atoms with van der Waals surface area (Å²) in [6, 6.07) is 29.4. The molecule has 129 heavy (non-hydrogen) atoms. The molecule has 58 heteroatoms. The summed E-state index contributed by atoms with van der Waals surface area (Å²) >= 11 is 35.1. The van der Waals surface area contributed by atoms with Crippen LogP contribution in [0.25, 0.3) is 32.7 Å². The van der Waals surface area contributed by atoms with Crippen molar-refractivity contribution in [2.45, 2.75) is 129 Å². The molecule has 0 unspecified atom stereocenters. The molecule has 0 spiro atoms. The van der Waals surface area contributed by atoms with E-state index >= 15 is 0 Å². The number of phenols is 1. The highest BCUT2D eigenvalue weighted by Gasteiger charge is 2.53. The lowest BCUT2D eigenvalue weighted by Crippen LogP contribution is -2.48. The van der Waals surface area contributed by atoms with Crippen LogP contribution in [0.1, 0.15) is 128 Å². The third-order valence-electron chi connectivity index (χ3n) is 19.5. The van der Waals surface area contributed by atoms with Crippen LogP contribution in [0.5, 0.6) is 34.5 Å². The molecule has 15 nitrogen and oxygen atoms in total. The Labute approximate surface area is 900 Å². The van der Waals surface area contributed by atoms with Crippen LogP contribution < -0.4 is 23.7 Å². The molecule has 0 saturated heterocycles. The van der Waals surface area contributed by atoms with E-state index in [1.54, 1.807) is 268 Å². The summed E-state index contributed by atoms with van der Waals surface area (Å²) in [4.78, 5) is 43.7. The van der Waals surface area contributed by atoms with Crippen LogP contribution in [0.3, 0.4) is 0 Å². The first-order valence-corrected chi connectivity index (χ1v) is 88.8. The van der Waals surface area contributed by atoms with Crippen LogP contribution in [-0.4, -0.2) is 91.8 Å². The molecule has 8 aliphatic rings. The lowest BCUT2D eigenvalue weighted by atomic mass is 9.48. The summed E-state index contributed by atoms with van der Waals surface area (Å²) in [5.74, 6) is 9.22. The standard InChI is InChI=1S/C33H40O5.C20H27BrO3.C15H15BrO3.2CO2.CH4.S19.S16.S6/c1-4-21-12-29-28(30(34)13-21)14-25(15-32(29)36-3)27-16-26(5-6-31(27)38-20-37-8-7-35-2)33-17-22-9-23(18-33)11-24(10-22)19-33;1-22-4-5-23-13-24-19-3-2-17(9-18(19)21)20-10-14-6-15(11-20)8-16(7-14)12-20;1-4-10-5-12-13(15(6-10)19-9(2)17)7-11(16)8-14(12)18-3;2*2-1-3;;1-3-5-7-9-11-13-15-17-19-18-16-14-12-10-8-6-4-2;1-3-5-7-9-11-13-15-16-14-12-10-8-6-4-2;1-3-5-6-4-2/h5-6,12-16,22-24,34H,4,7-11,17-20H2,1-3H3;2-3,9,14-16H,4-8,10-13H2,1H3;5-8H,4H2,1-3H3;;;1H4;;;. The van der Waals surface area contributed by atoms with Gasteiger partial charge in [-0.2, -0.15) is 19.2 Å². The number of carbonyl (C=O) groups is 1. The molecule has 6 aromatic carbocycles. The Morgan fingerprint density at radius 1 is 0.395 bits per heavy atom. The second kappa shape index (κ2) is 76.5. The number of ether oxygens (including phenoxy) is 9. The first-order valence-electron chi connectivity index (χ1n) is 36.6. The molecule has 720 valence electrons. The van der Waals surface area contributed by atoms with E-state index in [4.69, 9.17) is 107 Å². The third-order valence-corrected chi connectivity index (χ3v) is 91.7. The first-order chi connectivity index (χ1) is 62.3. The van der Waals surface area contributed by atoms with Gasteiger partial charge >= 0.3 is 18.3 Å². The normalized spacial score (nSPS) is 17.8. The Hall–Kier alpha value is 2.89. The number of phenolic OH excluding ortho intramolecular Hbond substituents is 1. The van der Waals surface area contributed by atoms with Gasteiger partial charge in [-0.1, -0.05) is 49.3 Å². The van der Waals surface area contributed by atoms with Gasteiger partial charge in [-0.3, -0.25) is 4.79 Å². The van der Waals surface area contributed by atoms with E-state index in [1.807, 2.05) is 24.3 Å². The fourth-order valence-electron chi connectivity index (χ4n) is 16.1. The van der Waals surface area contributed by atoms with Crippen LogP contribution in [0, 0.1) is 35.5 Å². The maximum Gasteiger partial charge on any atom is 0.373 e. The topological polar surface area (TPSA) is 189 Å². The predicted molar refractivity (Wildman–Crippen MR) is 645 cm³/mol. The van der Waals surface area contributed by atoms with E-state index in [1.165, 1.54) is 166 Å². The minimum atomic E-state index is -0.325. The molecule has 14 rings (SSSR count). The number of fused-ring (bicyclic) bond motifs is 2. The minimum Gasteiger partial charge on any atom is -0.507 e. The average molecular weight is 2650 g/mol. The quantitative estimate of drug-likeness (QED) is 0.0328. The van der Waals surface area contributed by atoms with E-state index in [9.17, 15) is 9.90 Å². The van der Waals surface area contributed by atoms with Crippen molar-refractivity contribution in [1.29, 1.82) is 0 Å². The molecule has 0 heterocycles. The molecule has 8 aliphatic carbocycles. The van der Waals surface area contributed by atoms with Crippen molar-refractivity contribution >= 4 is 450 Å². The average Bonchev–Trinajstić information content (AvgIpc) is 0.732. The van der Waals surface area contributed by atoms with Crippen molar-refractivity contribution in [3.05, 3.63) is 116 Å². The smallest absolute Gasteiger partial charge is 0.373 e. The summed E-state index contributed by atoms with van der Waals surface area (Å²) in [7, 11) is 64.8. The molecule has 6 aromatic rings. The summed E-state index contributed by atoms with van der Waals surface area (Å²) in [6.45, 7) is 8.13. The van der Waals surface area contributed by atoms with E-state index in [0.29, 0.717) is 37.6 Å². The molecule has 8 saturated carbocycles. The molecule has 0 aliphatic heterocycles. The lowest BCUT2D eigenvalue weighted by Gasteiger charge is -2.57. The molecular weight excluding hydrogens is 2570 g/mol. The highest BCUT2D eigenvalue weighted by molar-refractivity contribution is 9.11. The van der Waals surface area contributed by atoms with E-state index in [0.717, 1.165) is 124 Å². The highest BCUT2D eigenvalue weighted by Crippen LogP contribution is 2.63. The maximum atomic E-state index is 11.2. The molecule has 0 aromatic heterocycles. The zero-order chi connectivity index (χ0) is 93.0. The predicted octanol–water partition coefficient (Wildman–Crippen LogP) is 15.6. The van der Waals surface area contributed by atoms with Gasteiger partial charge in [0.25, 0.3) is 0 Å². The Kier molecular flexibility index (Phi) is 73.7. The first kappa shape index (κ1) is 124. The molecule has 8 fully saturated rings. The van der Waals surface area contributed by atoms with Gasteiger partial charge in [-0.05, 0) is 253 Å². The number of rotatable bonds is 20. The van der Waals surface area contributed by atoms with Gasteiger partial charge in [0.15, 0.2) is 13.6 Å². The fraction of sp³-hybridized carbons (Fsp3) is 0.507. The van der Waals surface area contributed by atoms with Crippen molar-refractivity contribution < 1.29 is 71.7 Å². The van der Waals surface area contributed by atoms with Crippen molar-refractivity contribution in [1.82, 2.24) is 0 Å².